The van der Waals surface area contributed by atoms with E-state index >= 15 is 0 Å². The number of carbonyl (C=O) groups is 1. The summed E-state index contributed by atoms with van der Waals surface area (Å²) in [7, 11) is 1.59. The number of anilines is 1. The molecule has 4 heteroatoms. The molecule has 4 nitrogen and oxygen atoms in total. The maximum atomic E-state index is 12.3. The Morgan fingerprint density at radius 1 is 1.24 bits per heavy atom. The number of benzene rings is 2. The maximum Gasteiger partial charge on any atom is 0.255 e. The molecule has 0 aromatic heterocycles. The number of carbonyl (C=O) groups excluding carboxylic acids is 1. The number of hydrogen-bond donors (Lipinski definition) is 2. The molecule has 0 heterocycles. The van der Waals surface area contributed by atoms with Crippen molar-refractivity contribution >= 4 is 11.6 Å². The Morgan fingerprint density at radius 3 is 2.67 bits per heavy atom. The highest BCUT2D eigenvalue weighted by atomic mass is 16.5. The fraction of sp³-hybridized carbons (Fsp3) is 0.235. The summed E-state index contributed by atoms with van der Waals surface area (Å²) in [6, 6.07) is 12.9. The van der Waals surface area contributed by atoms with Crippen LogP contribution in [-0.2, 0) is 0 Å². The van der Waals surface area contributed by atoms with Gasteiger partial charge in [-0.3, -0.25) is 4.79 Å². The first-order chi connectivity index (χ1) is 10.0. The molecule has 110 valence electrons. The van der Waals surface area contributed by atoms with Gasteiger partial charge in [0.05, 0.1) is 7.11 Å². The third kappa shape index (κ3) is 3.61. The van der Waals surface area contributed by atoms with Crippen LogP contribution in [0.3, 0.4) is 0 Å². The molecule has 0 bridgehead atoms. The fourth-order valence-electron chi connectivity index (χ4n) is 2.06. The van der Waals surface area contributed by atoms with E-state index in [1.807, 2.05) is 44.2 Å². The van der Waals surface area contributed by atoms with Crippen molar-refractivity contribution in [3.8, 4) is 5.75 Å². The van der Waals surface area contributed by atoms with Crippen molar-refractivity contribution in [3.63, 3.8) is 0 Å². The Kier molecular flexibility index (Phi) is 4.60. The number of rotatable bonds is 4. The van der Waals surface area contributed by atoms with Crippen molar-refractivity contribution in [3.05, 3.63) is 59.2 Å². The largest absolute Gasteiger partial charge is 0.496 e. The second-order valence-electron chi connectivity index (χ2n) is 5.05. The summed E-state index contributed by atoms with van der Waals surface area (Å²) in [5, 5.41) is 2.87. The van der Waals surface area contributed by atoms with Crippen LogP contribution in [0, 0.1) is 6.92 Å². The average molecular weight is 284 g/mol. The first-order valence-electron chi connectivity index (χ1n) is 6.83. The minimum absolute atomic E-state index is 0.0682. The van der Waals surface area contributed by atoms with Gasteiger partial charge in [-0.15, -0.1) is 0 Å². The Bertz CT molecular complexity index is 651. The smallest absolute Gasteiger partial charge is 0.255 e. The van der Waals surface area contributed by atoms with Crippen LogP contribution in [-0.4, -0.2) is 13.0 Å². The first kappa shape index (κ1) is 15.1. The van der Waals surface area contributed by atoms with E-state index in [9.17, 15) is 4.79 Å². The quantitative estimate of drug-likeness (QED) is 0.905. The van der Waals surface area contributed by atoms with Crippen molar-refractivity contribution in [1.82, 2.24) is 0 Å². The lowest BCUT2D eigenvalue weighted by Crippen LogP contribution is -2.13. The van der Waals surface area contributed by atoms with Crippen molar-refractivity contribution in [2.24, 2.45) is 5.73 Å². The highest BCUT2D eigenvalue weighted by Gasteiger charge is 2.09. The number of ether oxygens (including phenoxy) is 1. The molecule has 0 saturated heterocycles. The summed E-state index contributed by atoms with van der Waals surface area (Å²) in [5.41, 5.74) is 9.11. The molecule has 2 aromatic rings. The van der Waals surface area contributed by atoms with Crippen LogP contribution in [0.15, 0.2) is 42.5 Å². The highest BCUT2D eigenvalue weighted by molar-refractivity contribution is 6.04. The monoisotopic (exact) mass is 284 g/mol. The minimum atomic E-state index is -0.171. The van der Waals surface area contributed by atoms with Crippen LogP contribution in [0.1, 0.15) is 34.5 Å². The topological polar surface area (TPSA) is 64.3 Å². The molecule has 1 unspecified atom stereocenters. The highest BCUT2D eigenvalue weighted by Crippen LogP contribution is 2.21. The summed E-state index contributed by atoms with van der Waals surface area (Å²) in [5.74, 6) is 0.530. The molecule has 0 aliphatic carbocycles. The average Bonchev–Trinajstić information content (AvgIpc) is 2.47. The summed E-state index contributed by atoms with van der Waals surface area (Å²) in [6.45, 7) is 3.85. The zero-order valence-electron chi connectivity index (χ0n) is 12.5. The van der Waals surface area contributed by atoms with Gasteiger partial charge in [0.1, 0.15) is 5.75 Å². The Labute approximate surface area is 124 Å². The maximum absolute atomic E-state index is 12.3. The van der Waals surface area contributed by atoms with Crippen LogP contribution in [0.4, 0.5) is 5.69 Å². The van der Waals surface area contributed by atoms with Crippen molar-refractivity contribution in [2.45, 2.75) is 19.9 Å². The zero-order valence-corrected chi connectivity index (χ0v) is 12.5. The Balaban J connectivity index is 2.20. The molecule has 1 amide bonds. The molecule has 0 spiro atoms. The number of nitrogens with two attached hydrogens (primary N) is 1. The van der Waals surface area contributed by atoms with E-state index in [4.69, 9.17) is 10.5 Å². The van der Waals surface area contributed by atoms with Gasteiger partial charge in [0, 0.05) is 17.3 Å². The summed E-state index contributed by atoms with van der Waals surface area (Å²) < 4.78 is 5.24. The number of amides is 1. The van der Waals surface area contributed by atoms with E-state index < -0.39 is 0 Å². The van der Waals surface area contributed by atoms with Crippen LogP contribution in [0.25, 0.3) is 0 Å². The fourth-order valence-corrected chi connectivity index (χ4v) is 2.06. The van der Waals surface area contributed by atoms with Gasteiger partial charge in [0.2, 0.25) is 0 Å². The summed E-state index contributed by atoms with van der Waals surface area (Å²) in [4.78, 5) is 12.3. The van der Waals surface area contributed by atoms with Crippen LogP contribution >= 0.6 is 0 Å². The van der Waals surface area contributed by atoms with Gasteiger partial charge in [0.25, 0.3) is 5.91 Å². The van der Waals surface area contributed by atoms with E-state index in [-0.39, 0.29) is 11.9 Å². The van der Waals surface area contributed by atoms with E-state index in [2.05, 4.69) is 5.32 Å². The first-order valence-corrected chi connectivity index (χ1v) is 6.83. The molecule has 2 rings (SSSR count). The Hall–Kier alpha value is -2.33. The van der Waals surface area contributed by atoms with E-state index in [0.717, 1.165) is 16.8 Å². The molecular weight excluding hydrogens is 264 g/mol. The summed E-state index contributed by atoms with van der Waals surface area (Å²) in [6.07, 6.45) is 0. The SMILES string of the molecule is COc1cc(C(=O)Nc2cccc(C(C)N)c2)ccc1C. The molecule has 0 aliphatic heterocycles. The van der Waals surface area contributed by atoms with Crippen LogP contribution in [0.5, 0.6) is 5.75 Å². The van der Waals surface area contributed by atoms with Crippen LogP contribution in [0.2, 0.25) is 0 Å². The minimum Gasteiger partial charge on any atom is -0.496 e. The lowest BCUT2D eigenvalue weighted by molar-refractivity contribution is 0.102. The Morgan fingerprint density at radius 2 is 2.00 bits per heavy atom. The van der Waals surface area contributed by atoms with Gasteiger partial charge in [-0.2, -0.15) is 0 Å². The van der Waals surface area contributed by atoms with Gasteiger partial charge in [-0.25, -0.2) is 0 Å². The molecule has 0 aliphatic rings. The molecule has 0 fully saturated rings. The van der Waals surface area contributed by atoms with Gasteiger partial charge in [0.15, 0.2) is 0 Å². The second-order valence-corrected chi connectivity index (χ2v) is 5.05. The molecule has 1 atom stereocenters. The lowest BCUT2D eigenvalue weighted by atomic mass is 10.1. The standard InChI is InChI=1S/C17H20N2O2/c1-11-7-8-14(10-16(11)21-3)17(20)19-15-6-4-5-13(9-15)12(2)18/h4-10,12H,18H2,1-3H3,(H,19,20). The van der Waals surface area contributed by atoms with Crippen molar-refractivity contribution < 1.29 is 9.53 Å². The molecule has 3 N–H and O–H groups in total. The third-order valence-corrected chi connectivity index (χ3v) is 3.34. The molecule has 0 radical (unpaired) electrons. The lowest BCUT2D eigenvalue weighted by Gasteiger charge is -2.11. The van der Waals surface area contributed by atoms with Gasteiger partial charge in [-0.05, 0) is 49.2 Å². The summed E-state index contributed by atoms with van der Waals surface area (Å²) >= 11 is 0. The van der Waals surface area contributed by atoms with Gasteiger partial charge >= 0.3 is 0 Å². The van der Waals surface area contributed by atoms with Gasteiger partial charge < -0.3 is 15.8 Å². The molecule has 2 aromatic carbocycles. The third-order valence-electron chi connectivity index (χ3n) is 3.34. The van der Waals surface area contributed by atoms with Crippen molar-refractivity contribution in [1.29, 1.82) is 0 Å². The number of nitrogens with one attached hydrogen (secondary N) is 1. The second kappa shape index (κ2) is 6.41. The number of methoxy groups -OCH3 is 1. The predicted molar refractivity (Wildman–Crippen MR) is 84.7 cm³/mol. The van der Waals surface area contributed by atoms with E-state index in [1.165, 1.54) is 0 Å². The van der Waals surface area contributed by atoms with E-state index in [0.29, 0.717) is 11.3 Å². The predicted octanol–water partition coefficient (Wildman–Crippen LogP) is 3.28. The van der Waals surface area contributed by atoms with Gasteiger partial charge in [-0.1, -0.05) is 18.2 Å². The zero-order chi connectivity index (χ0) is 15.4. The van der Waals surface area contributed by atoms with Crippen molar-refractivity contribution in [2.75, 3.05) is 12.4 Å². The number of hydrogen-bond acceptors (Lipinski definition) is 3. The normalized spacial score (nSPS) is 11.8. The number of aryl methyl sites for hydroxylation is 1. The molecule has 21 heavy (non-hydrogen) atoms. The molecular formula is C17H20N2O2. The molecule has 0 saturated carbocycles. The van der Waals surface area contributed by atoms with E-state index in [1.54, 1.807) is 19.2 Å². The van der Waals surface area contributed by atoms with Crippen LogP contribution < -0.4 is 15.8 Å².